The van der Waals surface area contributed by atoms with E-state index in [1.165, 1.54) is 0 Å². The molecule has 2 aliphatic rings. The first-order chi connectivity index (χ1) is 9.16. The van der Waals surface area contributed by atoms with E-state index in [0.29, 0.717) is 0 Å². The third-order valence-electron chi connectivity index (χ3n) is 4.14. The van der Waals surface area contributed by atoms with Crippen molar-refractivity contribution in [1.29, 1.82) is 0 Å². The number of nitrogens with zero attached hydrogens (tertiary/aromatic N) is 1. The highest BCUT2D eigenvalue weighted by molar-refractivity contribution is 7.08. The van der Waals surface area contributed by atoms with Crippen LogP contribution in [0.25, 0.3) is 0 Å². The van der Waals surface area contributed by atoms with Gasteiger partial charge in [0.25, 0.3) is 5.91 Å². The van der Waals surface area contributed by atoms with Crippen LogP contribution in [0, 0.1) is 6.92 Å². The third-order valence-corrected chi connectivity index (χ3v) is 5.00. The molecule has 1 saturated carbocycles. The highest BCUT2D eigenvalue weighted by Gasteiger charge is 2.39. The predicted octanol–water partition coefficient (Wildman–Crippen LogP) is 1.94. The van der Waals surface area contributed by atoms with Crippen molar-refractivity contribution < 1.29 is 9.59 Å². The number of hydrogen-bond donors (Lipinski definition) is 1. The quantitative estimate of drug-likeness (QED) is 0.853. The zero-order chi connectivity index (χ0) is 13.4. The van der Waals surface area contributed by atoms with Gasteiger partial charge in [-0.25, -0.2) is 0 Å². The zero-order valence-corrected chi connectivity index (χ0v) is 11.8. The number of piperazine rings is 1. The topological polar surface area (TPSA) is 49.4 Å². The SMILES string of the molecule is Cc1cscc1C(=O)N1CC(=O)N[C@@H]2CCCC[C@@H]21. The van der Waals surface area contributed by atoms with E-state index in [-0.39, 0.29) is 30.4 Å². The number of thiophene rings is 1. The van der Waals surface area contributed by atoms with Crippen LogP contribution in [0.3, 0.4) is 0 Å². The number of fused-ring (bicyclic) bond motifs is 1. The number of amides is 2. The molecule has 3 rings (SSSR count). The Labute approximate surface area is 116 Å². The summed E-state index contributed by atoms with van der Waals surface area (Å²) in [6.45, 7) is 2.15. The van der Waals surface area contributed by atoms with Crippen LogP contribution in [-0.4, -0.2) is 35.3 Å². The monoisotopic (exact) mass is 278 g/mol. The molecule has 0 spiro atoms. The standard InChI is InChI=1S/C14H18N2O2S/c1-9-7-19-8-10(9)14(18)16-6-13(17)15-11-4-2-3-5-12(11)16/h7-8,11-12H,2-6H2,1H3,(H,15,17)/t11-,12+/m1/s1. The van der Waals surface area contributed by atoms with E-state index in [0.717, 1.165) is 36.8 Å². The maximum atomic E-state index is 12.6. The normalized spacial score (nSPS) is 26.8. The lowest BCUT2D eigenvalue weighted by Crippen LogP contribution is -2.62. The Kier molecular flexibility index (Phi) is 3.31. The Balaban J connectivity index is 1.87. The van der Waals surface area contributed by atoms with Crippen LogP contribution in [0.15, 0.2) is 10.8 Å². The molecule has 4 nitrogen and oxygen atoms in total. The Hall–Kier alpha value is -1.36. The molecular formula is C14H18N2O2S. The predicted molar refractivity (Wildman–Crippen MR) is 74.3 cm³/mol. The first-order valence-corrected chi connectivity index (χ1v) is 7.74. The van der Waals surface area contributed by atoms with Crippen LogP contribution >= 0.6 is 11.3 Å². The molecule has 1 aliphatic heterocycles. The van der Waals surface area contributed by atoms with Crippen molar-refractivity contribution in [2.45, 2.75) is 44.7 Å². The van der Waals surface area contributed by atoms with Crippen LogP contribution in [0.1, 0.15) is 41.6 Å². The van der Waals surface area contributed by atoms with Crippen molar-refractivity contribution >= 4 is 23.2 Å². The molecule has 2 atom stereocenters. The summed E-state index contributed by atoms with van der Waals surface area (Å²) in [5, 5.41) is 6.91. The van der Waals surface area contributed by atoms with Crippen molar-refractivity contribution in [2.75, 3.05) is 6.54 Å². The molecule has 102 valence electrons. The molecule has 0 unspecified atom stereocenters. The van der Waals surface area contributed by atoms with Crippen LogP contribution < -0.4 is 5.32 Å². The molecule has 1 aromatic heterocycles. The second kappa shape index (κ2) is 4.96. The highest BCUT2D eigenvalue weighted by Crippen LogP contribution is 2.28. The fraction of sp³-hybridized carbons (Fsp3) is 0.571. The van der Waals surface area contributed by atoms with E-state index in [1.807, 2.05) is 17.7 Å². The van der Waals surface area contributed by atoms with Gasteiger partial charge in [-0.05, 0) is 30.7 Å². The minimum Gasteiger partial charge on any atom is -0.350 e. The van der Waals surface area contributed by atoms with Crippen molar-refractivity contribution in [3.63, 3.8) is 0 Å². The summed E-state index contributed by atoms with van der Waals surface area (Å²) in [4.78, 5) is 26.2. The second-order valence-corrected chi connectivity index (χ2v) is 6.17. The van der Waals surface area contributed by atoms with E-state index in [4.69, 9.17) is 0 Å². The minimum atomic E-state index is -0.0237. The molecule has 1 aromatic rings. The van der Waals surface area contributed by atoms with Crippen molar-refractivity contribution in [3.8, 4) is 0 Å². The first kappa shape index (κ1) is 12.7. The van der Waals surface area contributed by atoms with Gasteiger partial charge >= 0.3 is 0 Å². The van der Waals surface area contributed by atoms with E-state index < -0.39 is 0 Å². The van der Waals surface area contributed by atoms with E-state index in [9.17, 15) is 9.59 Å². The van der Waals surface area contributed by atoms with Gasteiger partial charge in [-0.1, -0.05) is 12.8 Å². The zero-order valence-electron chi connectivity index (χ0n) is 11.0. The molecular weight excluding hydrogens is 260 g/mol. The molecule has 2 heterocycles. The van der Waals surface area contributed by atoms with E-state index in [1.54, 1.807) is 16.2 Å². The van der Waals surface area contributed by atoms with Gasteiger partial charge in [-0.3, -0.25) is 9.59 Å². The first-order valence-electron chi connectivity index (χ1n) is 6.80. The molecule has 0 radical (unpaired) electrons. The number of hydrogen-bond acceptors (Lipinski definition) is 3. The molecule has 0 bridgehead atoms. The number of carbonyl (C=O) groups excluding carboxylic acids is 2. The van der Waals surface area contributed by atoms with Gasteiger partial charge in [-0.2, -0.15) is 11.3 Å². The van der Waals surface area contributed by atoms with Crippen molar-refractivity contribution in [2.24, 2.45) is 0 Å². The summed E-state index contributed by atoms with van der Waals surface area (Å²) >= 11 is 1.54. The van der Waals surface area contributed by atoms with Crippen molar-refractivity contribution in [1.82, 2.24) is 10.2 Å². The Morgan fingerprint density at radius 2 is 2.16 bits per heavy atom. The average molecular weight is 278 g/mol. The van der Waals surface area contributed by atoms with E-state index in [2.05, 4.69) is 5.32 Å². The van der Waals surface area contributed by atoms with Crippen LogP contribution in [-0.2, 0) is 4.79 Å². The fourth-order valence-corrected chi connectivity index (χ4v) is 3.96. The van der Waals surface area contributed by atoms with Gasteiger partial charge in [0.05, 0.1) is 11.6 Å². The Bertz CT molecular complexity index is 511. The lowest BCUT2D eigenvalue weighted by Gasteiger charge is -2.43. The van der Waals surface area contributed by atoms with Crippen LogP contribution in [0.4, 0.5) is 0 Å². The summed E-state index contributed by atoms with van der Waals surface area (Å²) in [5.41, 5.74) is 1.76. The maximum Gasteiger partial charge on any atom is 0.255 e. The highest BCUT2D eigenvalue weighted by atomic mass is 32.1. The minimum absolute atomic E-state index is 0.0190. The number of rotatable bonds is 1. The summed E-state index contributed by atoms with van der Waals surface area (Å²) < 4.78 is 0. The summed E-state index contributed by atoms with van der Waals surface area (Å²) in [6, 6.07) is 0.330. The van der Waals surface area contributed by atoms with Gasteiger partial charge in [0.2, 0.25) is 5.91 Å². The van der Waals surface area contributed by atoms with Crippen LogP contribution in [0.5, 0.6) is 0 Å². The summed E-state index contributed by atoms with van der Waals surface area (Å²) in [6.07, 6.45) is 4.27. The molecule has 1 N–H and O–H groups in total. The molecule has 0 aromatic carbocycles. The summed E-state index contributed by atoms with van der Waals surface area (Å²) in [5.74, 6) is -0.00474. The Morgan fingerprint density at radius 1 is 1.37 bits per heavy atom. The summed E-state index contributed by atoms with van der Waals surface area (Å²) in [7, 11) is 0. The van der Waals surface area contributed by atoms with Crippen LogP contribution in [0.2, 0.25) is 0 Å². The second-order valence-electron chi connectivity index (χ2n) is 5.43. The molecule has 19 heavy (non-hydrogen) atoms. The lowest BCUT2D eigenvalue weighted by molar-refractivity contribution is -0.127. The smallest absolute Gasteiger partial charge is 0.255 e. The fourth-order valence-electron chi connectivity index (χ4n) is 3.13. The van der Waals surface area contributed by atoms with E-state index >= 15 is 0 Å². The van der Waals surface area contributed by atoms with Gasteiger partial charge < -0.3 is 10.2 Å². The Morgan fingerprint density at radius 3 is 2.89 bits per heavy atom. The lowest BCUT2D eigenvalue weighted by atomic mass is 9.87. The van der Waals surface area contributed by atoms with Crippen molar-refractivity contribution in [3.05, 3.63) is 21.9 Å². The number of carbonyl (C=O) groups is 2. The average Bonchev–Trinajstić information content (AvgIpc) is 2.83. The third kappa shape index (κ3) is 2.27. The maximum absolute atomic E-state index is 12.6. The molecule has 1 aliphatic carbocycles. The molecule has 2 amide bonds. The molecule has 2 fully saturated rings. The molecule has 5 heteroatoms. The van der Waals surface area contributed by atoms with Gasteiger partial charge in [0, 0.05) is 11.4 Å². The number of nitrogens with one attached hydrogen (secondary N) is 1. The largest absolute Gasteiger partial charge is 0.350 e. The molecule has 1 saturated heterocycles. The van der Waals surface area contributed by atoms with Gasteiger partial charge in [0.15, 0.2) is 0 Å². The van der Waals surface area contributed by atoms with Gasteiger partial charge in [0.1, 0.15) is 6.54 Å². The van der Waals surface area contributed by atoms with Gasteiger partial charge in [-0.15, -0.1) is 0 Å². The number of aryl methyl sites for hydroxylation is 1.